The zero-order chi connectivity index (χ0) is 17.0. The Balaban J connectivity index is 2.24. The van der Waals surface area contributed by atoms with E-state index in [1.165, 1.54) is 0 Å². The van der Waals surface area contributed by atoms with Crippen LogP contribution in [-0.2, 0) is 4.74 Å². The zero-order valence-electron chi connectivity index (χ0n) is 14.4. The van der Waals surface area contributed by atoms with Crippen molar-refractivity contribution >= 4 is 16.9 Å². The van der Waals surface area contributed by atoms with Crippen molar-refractivity contribution in [3.8, 4) is 0 Å². The molecule has 0 aromatic heterocycles. The molecule has 0 saturated heterocycles. The van der Waals surface area contributed by atoms with Crippen LogP contribution in [0.25, 0.3) is 10.8 Å². The fourth-order valence-corrected chi connectivity index (χ4v) is 2.63. The second-order valence-corrected chi connectivity index (χ2v) is 6.66. The van der Waals surface area contributed by atoms with Crippen LogP contribution in [0.5, 0.6) is 0 Å². The second-order valence-electron chi connectivity index (χ2n) is 6.66. The Hall–Kier alpha value is -2.29. The minimum Gasteiger partial charge on any atom is -0.441 e. The lowest BCUT2D eigenvalue weighted by atomic mass is 10.0. The van der Waals surface area contributed by atoms with Gasteiger partial charge < -0.3 is 4.74 Å². The van der Waals surface area contributed by atoms with Gasteiger partial charge in [-0.15, -0.1) is 6.58 Å². The molecule has 2 aromatic rings. The quantitative estimate of drug-likeness (QED) is 0.715. The number of amides is 1. The van der Waals surface area contributed by atoms with Gasteiger partial charge in [0.05, 0.1) is 0 Å². The summed E-state index contributed by atoms with van der Waals surface area (Å²) in [5, 5.41) is 2.26. The van der Waals surface area contributed by atoms with E-state index in [1.54, 1.807) is 11.0 Å². The third-order valence-corrected chi connectivity index (χ3v) is 3.88. The lowest BCUT2D eigenvalue weighted by Gasteiger charge is -2.34. The highest BCUT2D eigenvalue weighted by Crippen LogP contribution is 2.27. The standard InChI is InChI=1S/C20H25NO2/c1-6-14-21(20(3,4)5)19(22)23-15(2)17-13-9-11-16-10-7-8-12-18(16)17/h6-13,15H,1,14H2,2-5H3/t15-/m1/s1. The molecule has 0 saturated carbocycles. The number of ether oxygens (including phenoxy) is 1. The number of rotatable bonds is 4. The highest BCUT2D eigenvalue weighted by atomic mass is 16.6. The number of hydrogen-bond donors (Lipinski definition) is 0. The Morgan fingerprint density at radius 2 is 1.87 bits per heavy atom. The van der Waals surface area contributed by atoms with E-state index in [9.17, 15) is 4.79 Å². The van der Waals surface area contributed by atoms with Gasteiger partial charge in [-0.3, -0.25) is 4.90 Å². The van der Waals surface area contributed by atoms with Gasteiger partial charge in [0.2, 0.25) is 0 Å². The van der Waals surface area contributed by atoms with Crippen molar-refractivity contribution in [2.24, 2.45) is 0 Å². The smallest absolute Gasteiger partial charge is 0.411 e. The molecule has 3 heteroatoms. The molecular formula is C20H25NO2. The summed E-state index contributed by atoms with van der Waals surface area (Å²) in [6, 6.07) is 14.2. The topological polar surface area (TPSA) is 29.5 Å². The van der Waals surface area contributed by atoms with Crippen molar-refractivity contribution in [2.45, 2.75) is 39.3 Å². The van der Waals surface area contributed by atoms with Crippen LogP contribution in [0.1, 0.15) is 39.4 Å². The lowest BCUT2D eigenvalue weighted by Crippen LogP contribution is -2.46. The number of benzene rings is 2. The summed E-state index contributed by atoms with van der Waals surface area (Å²) in [5.41, 5.74) is 0.702. The van der Waals surface area contributed by atoms with Crippen molar-refractivity contribution in [2.75, 3.05) is 6.54 Å². The van der Waals surface area contributed by atoms with Gasteiger partial charge in [0.1, 0.15) is 6.10 Å². The molecule has 1 amide bonds. The first-order valence-corrected chi connectivity index (χ1v) is 7.91. The van der Waals surface area contributed by atoms with E-state index in [4.69, 9.17) is 4.74 Å². The van der Waals surface area contributed by atoms with Gasteiger partial charge in [-0.2, -0.15) is 0 Å². The average Bonchev–Trinajstić information content (AvgIpc) is 2.50. The SMILES string of the molecule is C=CCN(C(=O)O[C@H](C)c1cccc2ccccc12)C(C)(C)C. The number of fused-ring (bicyclic) bond motifs is 1. The molecule has 0 spiro atoms. The maximum atomic E-state index is 12.6. The molecule has 0 aliphatic rings. The number of carbonyl (C=O) groups is 1. The highest BCUT2D eigenvalue weighted by molar-refractivity contribution is 5.86. The zero-order valence-corrected chi connectivity index (χ0v) is 14.4. The molecule has 0 bridgehead atoms. The summed E-state index contributed by atoms with van der Waals surface area (Å²) >= 11 is 0. The average molecular weight is 311 g/mol. The van der Waals surface area contributed by atoms with Gasteiger partial charge >= 0.3 is 6.09 Å². The molecular weight excluding hydrogens is 286 g/mol. The summed E-state index contributed by atoms with van der Waals surface area (Å²) in [7, 11) is 0. The molecule has 2 aromatic carbocycles. The van der Waals surface area contributed by atoms with Crippen LogP contribution in [0, 0.1) is 0 Å². The maximum absolute atomic E-state index is 12.6. The minimum absolute atomic E-state index is 0.316. The fourth-order valence-electron chi connectivity index (χ4n) is 2.63. The monoisotopic (exact) mass is 311 g/mol. The second kappa shape index (κ2) is 6.86. The van der Waals surface area contributed by atoms with Crippen LogP contribution >= 0.6 is 0 Å². The Labute approximate surface area is 138 Å². The normalized spacial score (nSPS) is 12.7. The van der Waals surface area contributed by atoms with Crippen molar-refractivity contribution in [3.63, 3.8) is 0 Å². The molecule has 0 unspecified atom stereocenters. The van der Waals surface area contributed by atoms with Crippen molar-refractivity contribution in [1.82, 2.24) is 4.90 Å². The summed E-state index contributed by atoms with van der Waals surface area (Å²) in [6.45, 7) is 12.1. The van der Waals surface area contributed by atoms with E-state index < -0.39 is 0 Å². The van der Waals surface area contributed by atoms with Gasteiger partial charge in [0, 0.05) is 17.6 Å². The van der Waals surface area contributed by atoms with Crippen LogP contribution in [0.15, 0.2) is 55.1 Å². The van der Waals surface area contributed by atoms with E-state index in [1.807, 2.05) is 52.0 Å². The highest BCUT2D eigenvalue weighted by Gasteiger charge is 2.28. The van der Waals surface area contributed by atoms with Crippen LogP contribution in [0.3, 0.4) is 0 Å². The van der Waals surface area contributed by atoms with E-state index in [0.717, 1.165) is 16.3 Å². The lowest BCUT2D eigenvalue weighted by molar-refractivity contribution is 0.0476. The number of nitrogens with zero attached hydrogens (tertiary/aromatic N) is 1. The van der Waals surface area contributed by atoms with Crippen LogP contribution < -0.4 is 0 Å². The van der Waals surface area contributed by atoms with Crippen molar-refractivity contribution < 1.29 is 9.53 Å². The molecule has 0 aliphatic heterocycles. The van der Waals surface area contributed by atoms with Crippen LogP contribution in [-0.4, -0.2) is 23.1 Å². The molecule has 1 atom stereocenters. The molecule has 23 heavy (non-hydrogen) atoms. The molecule has 0 aliphatic carbocycles. The molecule has 0 N–H and O–H groups in total. The molecule has 0 heterocycles. The summed E-state index contributed by atoms with van der Waals surface area (Å²) in [6.07, 6.45) is 1.08. The molecule has 0 radical (unpaired) electrons. The van der Waals surface area contributed by atoms with Crippen molar-refractivity contribution in [3.05, 3.63) is 60.7 Å². The molecule has 2 rings (SSSR count). The van der Waals surface area contributed by atoms with Gasteiger partial charge in [-0.25, -0.2) is 4.79 Å². The minimum atomic E-state index is -0.321. The van der Waals surface area contributed by atoms with E-state index in [0.29, 0.717) is 6.54 Å². The van der Waals surface area contributed by atoms with Crippen molar-refractivity contribution in [1.29, 1.82) is 0 Å². The molecule has 0 fully saturated rings. The van der Waals surface area contributed by atoms with E-state index in [-0.39, 0.29) is 17.7 Å². The Bertz CT molecular complexity index is 695. The number of hydrogen-bond acceptors (Lipinski definition) is 2. The number of carbonyl (C=O) groups excluding carboxylic acids is 1. The van der Waals surface area contributed by atoms with Gasteiger partial charge in [-0.05, 0) is 38.5 Å². The van der Waals surface area contributed by atoms with Gasteiger partial charge in [-0.1, -0.05) is 48.5 Å². The van der Waals surface area contributed by atoms with Crippen LogP contribution in [0.4, 0.5) is 4.79 Å². The fraction of sp³-hybridized carbons (Fsp3) is 0.350. The largest absolute Gasteiger partial charge is 0.441 e. The first kappa shape index (κ1) is 17.1. The van der Waals surface area contributed by atoms with Gasteiger partial charge in [0.15, 0.2) is 0 Å². The summed E-state index contributed by atoms with van der Waals surface area (Å²) in [5.74, 6) is 0. The summed E-state index contributed by atoms with van der Waals surface area (Å²) < 4.78 is 5.72. The Morgan fingerprint density at radius 1 is 1.22 bits per heavy atom. The molecule has 122 valence electrons. The Kier molecular flexibility index (Phi) is 5.09. The van der Waals surface area contributed by atoms with E-state index >= 15 is 0 Å². The third-order valence-electron chi connectivity index (χ3n) is 3.88. The predicted octanol–water partition coefficient (Wildman–Crippen LogP) is 5.32. The molecule has 3 nitrogen and oxygen atoms in total. The van der Waals surface area contributed by atoms with Crippen LogP contribution in [0.2, 0.25) is 0 Å². The van der Waals surface area contributed by atoms with E-state index in [2.05, 4.69) is 24.8 Å². The Morgan fingerprint density at radius 3 is 2.52 bits per heavy atom. The summed E-state index contributed by atoms with van der Waals surface area (Å²) in [4.78, 5) is 14.2. The maximum Gasteiger partial charge on any atom is 0.411 e. The van der Waals surface area contributed by atoms with Gasteiger partial charge in [0.25, 0.3) is 0 Å². The first-order chi connectivity index (χ1) is 10.8. The third kappa shape index (κ3) is 3.92. The first-order valence-electron chi connectivity index (χ1n) is 7.91. The predicted molar refractivity (Wildman–Crippen MR) is 95.5 cm³/mol.